The van der Waals surface area contributed by atoms with Crippen LogP contribution in [0.1, 0.15) is 22.5 Å². The minimum atomic E-state index is -0.893. The molecule has 2 N–H and O–H groups in total. The van der Waals surface area contributed by atoms with Crippen LogP contribution in [0.5, 0.6) is 5.75 Å². The highest BCUT2D eigenvalue weighted by Crippen LogP contribution is 2.26. The van der Waals surface area contributed by atoms with Crippen molar-refractivity contribution in [1.29, 1.82) is 0 Å². The number of amides is 2. The molecule has 37 heavy (non-hydrogen) atoms. The predicted molar refractivity (Wildman–Crippen MR) is 147 cm³/mol. The zero-order valence-corrected chi connectivity index (χ0v) is 21.7. The van der Waals surface area contributed by atoms with E-state index in [2.05, 4.69) is 15.8 Å². The number of rotatable bonds is 7. The summed E-state index contributed by atoms with van der Waals surface area (Å²) in [7, 11) is 0. The fraction of sp³-hybridized carbons (Fsp3) is 0.107. The first-order valence-electron chi connectivity index (χ1n) is 11.4. The average molecular weight is 535 g/mol. The predicted octanol–water partition coefficient (Wildman–Crippen LogP) is 6.07. The Kier molecular flexibility index (Phi) is 8.28. The van der Waals surface area contributed by atoms with Crippen molar-refractivity contribution in [2.75, 3.05) is 5.32 Å². The Labute approximate surface area is 224 Å². The van der Waals surface area contributed by atoms with Crippen LogP contribution in [0.4, 0.5) is 5.69 Å². The van der Waals surface area contributed by atoms with Gasteiger partial charge in [0.05, 0.1) is 6.21 Å². The Morgan fingerprint density at radius 2 is 1.59 bits per heavy atom. The van der Waals surface area contributed by atoms with Gasteiger partial charge in [0.15, 0.2) is 0 Å². The van der Waals surface area contributed by atoms with E-state index < -0.39 is 11.8 Å². The standard InChI is InChI=1S/C28H24Cl2N4O3/c1-18-12-21(19(2)34(18)25-14-22(29)13-23(30)15-25)16-31-33-28(36)27(35)32-24-8-10-26(11-9-24)37-17-20-6-4-3-5-7-20/h3-16H,17H2,1-2H3,(H,32,35)(H,33,36)/b31-16-. The Morgan fingerprint density at radius 3 is 2.27 bits per heavy atom. The lowest BCUT2D eigenvalue weighted by atomic mass is 10.2. The van der Waals surface area contributed by atoms with Gasteiger partial charge >= 0.3 is 11.8 Å². The van der Waals surface area contributed by atoms with Crippen molar-refractivity contribution in [2.45, 2.75) is 20.5 Å². The van der Waals surface area contributed by atoms with Gasteiger partial charge in [0.1, 0.15) is 12.4 Å². The molecule has 0 bridgehead atoms. The van der Waals surface area contributed by atoms with Crippen LogP contribution in [0.25, 0.3) is 5.69 Å². The molecule has 0 aliphatic heterocycles. The van der Waals surface area contributed by atoms with E-state index in [0.717, 1.165) is 28.2 Å². The number of aryl methyl sites for hydroxylation is 1. The molecule has 0 saturated heterocycles. The number of nitrogens with zero attached hydrogens (tertiary/aromatic N) is 2. The van der Waals surface area contributed by atoms with E-state index in [0.29, 0.717) is 28.1 Å². The Hall–Kier alpha value is -4.07. The number of nitrogens with one attached hydrogen (secondary N) is 2. The summed E-state index contributed by atoms with van der Waals surface area (Å²) >= 11 is 12.3. The zero-order valence-electron chi connectivity index (χ0n) is 20.2. The Bertz CT molecular complexity index is 1430. The van der Waals surface area contributed by atoms with E-state index in [-0.39, 0.29) is 0 Å². The molecule has 2 amide bonds. The second-order valence-electron chi connectivity index (χ2n) is 8.24. The monoisotopic (exact) mass is 534 g/mol. The fourth-order valence-electron chi connectivity index (χ4n) is 3.76. The Balaban J connectivity index is 1.32. The summed E-state index contributed by atoms with van der Waals surface area (Å²) in [5, 5.41) is 7.53. The van der Waals surface area contributed by atoms with Crippen molar-refractivity contribution in [3.63, 3.8) is 0 Å². The highest BCUT2D eigenvalue weighted by Gasteiger charge is 2.14. The minimum Gasteiger partial charge on any atom is -0.489 e. The van der Waals surface area contributed by atoms with E-state index in [1.165, 1.54) is 6.21 Å². The summed E-state index contributed by atoms with van der Waals surface area (Å²) in [5.74, 6) is -1.08. The van der Waals surface area contributed by atoms with Crippen molar-refractivity contribution in [2.24, 2.45) is 5.10 Å². The summed E-state index contributed by atoms with van der Waals surface area (Å²) in [6, 6.07) is 23.7. The van der Waals surface area contributed by atoms with E-state index in [4.69, 9.17) is 27.9 Å². The molecule has 9 heteroatoms. The summed E-state index contributed by atoms with van der Waals surface area (Å²) < 4.78 is 7.70. The van der Waals surface area contributed by atoms with Gasteiger partial charge in [-0.25, -0.2) is 5.43 Å². The van der Waals surface area contributed by atoms with Crippen molar-refractivity contribution in [3.8, 4) is 11.4 Å². The van der Waals surface area contributed by atoms with E-state index >= 15 is 0 Å². The molecule has 188 valence electrons. The third kappa shape index (κ3) is 6.78. The Morgan fingerprint density at radius 1 is 0.919 bits per heavy atom. The van der Waals surface area contributed by atoms with Gasteiger partial charge in [-0.1, -0.05) is 53.5 Å². The van der Waals surface area contributed by atoms with Gasteiger partial charge in [-0.2, -0.15) is 5.10 Å². The molecule has 7 nitrogen and oxygen atoms in total. The average Bonchev–Trinajstić information content (AvgIpc) is 3.16. The van der Waals surface area contributed by atoms with Gasteiger partial charge in [-0.05, 0) is 67.9 Å². The molecular weight excluding hydrogens is 511 g/mol. The van der Waals surface area contributed by atoms with Crippen LogP contribution in [0.3, 0.4) is 0 Å². The summed E-state index contributed by atoms with van der Waals surface area (Å²) in [5.41, 5.74) is 7.14. The second kappa shape index (κ2) is 11.8. The summed E-state index contributed by atoms with van der Waals surface area (Å²) in [6.07, 6.45) is 1.48. The molecule has 1 heterocycles. The lowest BCUT2D eigenvalue weighted by Gasteiger charge is -2.10. The van der Waals surface area contributed by atoms with Crippen LogP contribution in [-0.4, -0.2) is 22.6 Å². The maximum absolute atomic E-state index is 12.3. The maximum Gasteiger partial charge on any atom is 0.329 e. The number of halogens is 2. The van der Waals surface area contributed by atoms with Crippen LogP contribution in [0, 0.1) is 13.8 Å². The van der Waals surface area contributed by atoms with Crippen LogP contribution >= 0.6 is 23.2 Å². The van der Waals surface area contributed by atoms with Crippen molar-refractivity contribution >= 4 is 46.9 Å². The van der Waals surface area contributed by atoms with Crippen LogP contribution in [-0.2, 0) is 16.2 Å². The van der Waals surface area contributed by atoms with Crippen molar-refractivity contribution in [1.82, 2.24) is 9.99 Å². The molecule has 0 fully saturated rings. The fourth-order valence-corrected chi connectivity index (χ4v) is 4.27. The third-order valence-corrected chi connectivity index (χ3v) is 5.95. The molecule has 0 spiro atoms. The van der Waals surface area contributed by atoms with Gasteiger partial charge in [0, 0.05) is 38.4 Å². The molecule has 1 aromatic heterocycles. The van der Waals surface area contributed by atoms with E-state index in [1.807, 2.05) is 66.9 Å². The first-order valence-corrected chi connectivity index (χ1v) is 12.1. The van der Waals surface area contributed by atoms with Gasteiger partial charge in [-0.15, -0.1) is 0 Å². The first-order chi connectivity index (χ1) is 17.8. The highest BCUT2D eigenvalue weighted by molar-refractivity contribution is 6.39. The van der Waals surface area contributed by atoms with Crippen LogP contribution in [0.15, 0.2) is 84.0 Å². The van der Waals surface area contributed by atoms with Gasteiger partial charge < -0.3 is 14.6 Å². The van der Waals surface area contributed by atoms with Crippen molar-refractivity contribution < 1.29 is 14.3 Å². The molecule has 0 atom stereocenters. The van der Waals surface area contributed by atoms with Gasteiger partial charge in [-0.3, -0.25) is 9.59 Å². The van der Waals surface area contributed by atoms with E-state index in [9.17, 15) is 9.59 Å². The number of aromatic nitrogens is 1. The smallest absolute Gasteiger partial charge is 0.329 e. The lowest BCUT2D eigenvalue weighted by molar-refractivity contribution is -0.136. The van der Waals surface area contributed by atoms with Crippen LogP contribution in [0.2, 0.25) is 10.0 Å². The minimum absolute atomic E-state index is 0.433. The molecule has 0 saturated carbocycles. The lowest BCUT2D eigenvalue weighted by Crippen LogP contribution is -2.32. The number of hydrogen-bond donors (Lipinski definition) is 2. The molecule has 0 radical (unpaired) electrons. The molecule has 0 unspecified atom stereocenters. The zero-order chi connectivity index (χ0) is 26.4. The molecule has 0 aliphatic rings. The third-order valence-electron chi connectivity index (χ3n) is 5.51. The highest BCUT2D eigenvalue weighted by atomic mass is 35.5. The number of hydrazone groups is 1. The topological polar surface area (TPSA) is 84.7 Å². The second-order valence-corrected chi connectivity index (χ2v) is 9.11. The molecule has 0 aliphatic carbocycles. The molecule has 4 rings (SSSR count). The number of benzene rings is 3. The number of hydrogen-bond acceptors (Lipinski definition) is 4. The quantitative estimate of drug-likeness (QED) is 0.171. The van der Waals surface area contributed by atoms with Crippen LogP contribution < -0.4 is 15.5 Å². The normalized spacial score (nSPS) is 10.9. The molecule has 3 aromatic carbocycles. The summed E-state index contributed by atoms with van der Waals surface area (Å²) in [4.78, 5) is 24.5. The number of carbonyl (C=O) groups is 2. The SMILES string of the molecule is Cc1cc(/C=N\NC(=O)C(=O)Nc2ccc(OCc3ccccc3)cc2)c(C)n1-c1cc(Cl)cc(Cl)c1. The molecular formula is C28H24Cl2N4O3. The first kappa shape index (κ1) is 26.0. The number of carbonyl (C=O) groups excluding carboxylic acids is 2. The maximum atomic E-state index is 12.3. The van der Waals surface area contributed by atoms with E-state index in [1.54, 1.807) is 30.3 Å². The molecule has 4 aromatic rings. The number of ether oxygens (including phenoxy) is 1. The van der Waals surface area contributed by atoms with Crippen molar-refractivity contribution in [3.05, 3.63) is 111 Å². The van der Waals surface area contributed by atoms with Gasteiger partial charge in [0.25, 0.3) is 0 Å². The number of anilines is 1. The largest absolute Gasteiger partial charge is 0.489 e. The summed E-state index contributed by atoms with van der Waals surface area (Å²) in [6.45, 7) is 4.27. The van der Waals surface area contributed by atoms with Gasteiger partial charge in [0.2, 0.25) is 0 Å².